The van der Waals surface area contributed by atoms with Crippen molar-refractivity contribution in [3.63, 3.8) is 0 Å². The Morgan fingerprint density at radius 2 is 2.12 bits per heavy atom. The quantitative estimate of drug-likeness (QED) is 0.856. The zero-order valence-corrected chi connectivity index (χ0v) is 10.9. The molecule has 3 heteroatoms. The summed E-state index contributed by atoms with van der Waals surface area (Å²) in [5.74, 6) is 0. The van der Waals surface area contributed by atoms with Gasteiger partial charge in [-0.15, -0.1) is 0 Å². The van der Waals surface area contributed by atoms with E-state index in [2.05, 4.69) is 62.6 Å². The molecule has 1 aliphatic rings. The first kappa shape index (κ1) is 11.7. The van der Waals surface area contributed by atoms with E-state index in [9.17, 15) is 0 Å². The fourth-order valence-corrected chi connectivity index (χ4v) is 2.12. The van der Waals surface area contributed by atoms with Crippen molar-refractivity contribution >= 4 is 27.7 Å². The minimum Gasteiger partial charge on any atom is -0.369 e. The van der Waals surface area contributed by atoms with Crippen molar-refractivity contribution in [2.75, 3.05) is 36.4 Å². The Hall–Kier alpha value is -0.800. The number of halogens is 1. The maximum Gasteiger partial charge on any atom is 0.0373 e. The van der Waals surface area contributed by atoms with Crippen molar-refractivity contribution in [1.29, 1.82) is 0 Å². The predicted octanol–water partition coefficient (Wildman–Crippen LogP) is 2.50. The van der Waals surface area contributed by atoms with Gasteiger partial charge in [0.15, 0.2) is 0 Å². The number of allylic oxidation sites excluding steroid dienone is 1. The van der Waals surface area contributed by atoms with E-state index in [-0.39, 0.29) is 0 Å². The number of nitrogens with one attached hydrogen (secondary N) is 1. The fourth-order valence-electron chi connectivity index (χ4n) is 1.93. The van der Waals surface area contributed by atoms with Crippen LogP contribution in [-0.4, -0.2) is 31.5 Å². The van der Waals surface area contributed by atoms with E-state index in [0.29, 0.717) is 0 Å². The molecule has 0 amide bonds. The van der Waals surface area contributed by atoms with Gasteiger partial charge in [0, 0.05) is 37.2 Å². The normalized spacial score (nSPS) is 16.9. The molecule has 2 nitrogen and oxygen atoms in total. The molecule has 0 unspecified atom stereocenters. The Balaban J connectivity index is 2.11. The zero-order valence-electron chi connectivity index (χ0n) is 9.32. The van der Waals surface area contributed by atoms with Crippen LogP contribution >= 0.6 is 15.9 Å². The van der Waals surface area contributed by atoms with Gasteiger partial charge in [-0.3, -0.25) is 0 Å². The number of anilines is 1. The van der Waals surface area contributed by atoms with Crippen LogP contribution in [0.2, 0.25) is 0 Å². The minimum absolute atomic E-state index is 0.908. The summed E-state index contributed by atoms with van der Waals surface area (Å²) in [5, 5.41) is 4.28. The van der Waals surface area contributed by atoms with Crippen molar-refractivity contribution in [2.45, 2.75) is 0 Å². The third-order valence-corrected chi connectivity index (χ3v) is 3.13. The molecule has 1 saturated heterocycles. The lowest BCUT2D eigenvalue weighted by atomic mass is 10.1. The Bertz CT molecular complexity index is 357. The van der Waals surface area contributed by atoms with E-state index in [1.54, 1.807) is 0 Å². The zero-order chi connectivity index (χ0) is 11.2. The maximum atomic E-state index is 3.40. The van der Waals surface area contributed by atoms with Gasteiger partial charge in [-0.1, -0.05) is 40.2 Å². The fraction of sp³-hybridized carbons (Fsp3) is 0.385. The van der Waals surface area contributed by atoms with Crippen molar-refractivity contribution in [1.82, 2.24) is 5.32 Å². The molecule has 0 atom stereocenters. The van der Waals surface area contributed by atoms with Gasteiger partial charge in [0.05, 0.1) is 0 Å². The number of hydrogen-bond donors (Lipinski definition) is 1. The molecule has 1 aromatic rings. The lowest BCUT2D eigenvalue weighted by Gasteiger charge is -2.29. The molecule has 2 rings (SSSR count). The molecule has 1 N–H and O–H groups in total. The van der Waals surface area contributed by atoms with E-state index in [1.165, 1.54) is 11.3 Å². The topological polar surface area (TPSA) is 15.3 Å². The molecule has 1 heterocycles. The summed E-state index contributed by atoms with van der Waals surface area (Å²) >= 11 is 3.40. The highest BCUT2D eigenvalue weighted by atomic mass is 79.9. The van der Waals surface area contributed by atoms with Gasteiger partial charge in [0.2, 0.25) is 0 Å². The van der Waals surface area contributed by atoms with Crippen LogP contribution < -0.4 is 10.2 Å². The highest BCUT2D eigenvalue weighted by Crippen LogP contribution is 2.17. The van der Waals surface area contributed by atoms with E-state index < -0.39 is 0 Å². The SMILES string of the molecule is BrCC=Cc1cccc(N2CCNCC2)c1. The molecular weight excluding hydrogens is 264 g/mol. The minimum atomic E-state index is 0.908. The molecule has 16 heavy (non-hydrogen) atoms. The Labute approximate surface area is 105 Å². The van der Waals surface area contributed by atoms with Crippen LogP contribution in [0, 0.1) is 0 Å². The first-order valence-electron chi connectivity index (χ1n) is 5.68. The summed E-state index contributed by atoms with van der Waals surface area (Å²) < 4.78 is 0. The first-order valence-corrected chi connectivity index (χ1v) is 6.80. The first-order chi connectivity index (χ1) is 7.90. The highest BCUT2D eigenvalue weighted by Gasteiger charge is 2.09. The summed E-state index contributed by atoms with van der Waals surface area (Å²) in [4.78, 5) is 2.43. The summed E-state index contributed by atoms with van der Waals surface area (Å²) in [7, 11) is 0. The largest absolute Gasteiger partial charge is 0.369 e. The van der Waals surface area contributed by atoms with Crippen LogP contribution in [0.4, 0.5) is 5.69 Å². The van der Waals surface area contributed by atoms with Crippen LogP contribution in [0.5, 0.6) is 0 Å². The van der Waals surface area contributed by atoms with Crippen LogP contribution in [0.1, 0.15) is 5.56 Å². The van der Waals surface area contributed by atoms with E-state index in [1.807, 2.05) is 0 Å². The lowest BCUT2D eigenvalue weighted by Crippen LogP contribution is -2.43. The van der Waals surface area contributed by atoms with Gasteiger partial charge in [0.25, 0.3) is 0 Å². The van der Waals surface area contributed by atoms with E-state index in [0.717, 1.165) is 31.5 Å². The molecule has 0 aromatic heterocycles. The average Bonchev–Trinajstić information content (AvgIpc) is 2.38. The van der Waals surface area contributed by atoms with E-state index in [4.69, 9.17) is 0 Å². The number of nitrogens with zero attached hydrogens (tertiary/aromatic N) is 1. The van der Waals surface area contributed by atoms with Gasteiger partial charge >= 0.3 is 0 Å². The highest BCUT2D eigenvalue weighted by molar-refractivity contribution is 9.09. The van der Waals surface area contributed by atoms with Gasteiger partial charge in [-0.2, -0.15) is 0 Å². The van der Waals surface area contributed by atoms with Gasteiger partial charge in [0.1, 0.15) is 0 Å². The summed E-state index contributed by atoms with van der Waals surface area (Å²) in [6.07, 6.45) is 4.28. The van der Waals surface area contributed by atoms with Gasteiger partial charge in [-0.25, -0.2) is 0 Å². The third kappa shape index (κ3) is 3.09. The number of hydrogen-bond acceptors (Lipinski definition) is 2. The van der Waals surface area contributed by atoms with Gasteiger partial charge < -0.3 is 10.2 Å². The molecular formula is C13H17BrN2. The Morgan fingerprint density at radius 1 is 1.31 bits per heavy atom. The number of rotatable bonds is 3. The van der Waals surface area contributed by atoms with Crippen LogP contribution in [0.25, 0.3) is 6.08 Å². The van der Waals surface area contributed by atoms with Crippen molar-refractivity contribution < 1.29 is 0 Å². The molecule has 1 aromatic carbocycles. The Kier molecular flexibility index (Phi) is 4.43. The molecule has 1 fully saturated rings. The summed E-state index contributed by atoms with van der Waals surface area (Å²) in [6.45, 7) is 4.38. The van der Waals surface area contributed by atoms with Crippen LogP contribution in [0.15, 0.2) is 30.3 Å². The summed E-state index contributed by atoms with van der Waals surface area (Å²) in [5.41, 5.74) is 2.61. The number of piperazine rings is 1. The molecule has 86 valence electrons. The molecule has 0 bridgehead atoms. The monoisotopic (exact) mass is 280 g/mol. The molecule has 0 saturated carbocycles. The third-order valence-electron chi connectivity index (χ3n) is 2.75. The molecule has 0 aliphatic carbocycles. The van der Waals surface area contributed by atoms with Crippen LogP contribution in [0.3, 0.4) is 0 Å². The second-order valence-electron chi connectivity index (χ2n) is 3.89. The number of alkyl halides is 1. The van der Waals surface area contributed by atoms with Gasteiger partial charge in [-0.05, 0) is 17.7 Å². The smallest absolute Gasteiger partial charge is 0.0373 e. The lowest BCUT2D eigenvalue weighted by molar-refractivity contribution is 0.589. The second kappa shape index (κ2) is 6.06. The standard InChI is InChI=1S/C13H17BrN2/c14-6-2-4-12-3-1-5-13(11-12)16-9-7-15-8-10-16/h1-5,11,15H,6-10H2. The Morgan fingerprint density at radius 3 is 2.88 bits per heavy atom. The van der Waals surface area contributed by atoms with Crippen molar-refractivity contribution in [2.24, 2.45) is 0 Å². The second-order valence-corrected chi connectivity index (χ2v) is 4.54. The molecule has 0 radical (unpaired) electrons. The predicted molar refractivity (Wildman–Crippen MR) is 74.4 cm³/mol. The average molecular weight is 281 g/mol. The van der Waals surface area contributed by atoms with Crippen molar-refractivity contribution in [3.8, 4) is 0 Å². The van der Waals surface area contributed by atoms with E-state index >= 15 is 0 Å². The molecule has 1 aliphatic heterocycles. The maximum absolute atomic E-state index is 3.40. The molecule has 0 spiro atoms. The van der Waals surface area contributed by atoms with Crippen molar-refractivity contribution in [3.05, 3.63) is 35.9 Å². The van der Waals surface area contributed by atoms with Crippen LogP contribution in [-0.2, 0) is 0 Å². The number of benzene rings is 1. The summed E-state index contributed by atoms with van der Waals surface area (Å²) in [6, 6.07) is 8.72.